The van der Waals surface area contributed by atoms with Crippen LogP contribution in [0.2, 0.25) is 0 Å². The number of hydrogen-bond donors (Lipinski definition) is 1. The first-order valence-corrected chi connectivity index (χ1v) is 7.78. The van der Waals surface area contributed by atoms with Gasteiger partial charge in [-0.3, -0.25) is 4.98 Å². The van der Waals surface area contributed by atoms with E-state index in [1.165, 1.54) is 14.2 Å². The van der Waals surface area contributed by atoms with Crippen LogP contribution in [0.4, 0.5) is 0 Å². The molecule has 0 aliphatic heterocycles. The molecule has 4 heteroatoms. The van der Waals surface area contributed by atoms with Crippen LogP contribution < -0.4 is 5.32 Å². The van der Waals surface area contributed by atoms with Gasteiger partial charge in [-0.1, -0.05) is 13.0 Å². The van der Waals surface area contributed by atoms with Crippen LogP contribution in [0.15, 0.2) is 40.4 Å². The largest absolute Gasteiger partial charge is 0.309 e. The van der Waals surface area contributed by atoms with Crippen LogP contribution in [0.25, 0.3) is 0 Å². The Bertz CT molecular complexity index is 470. The van der Waals surface area contributed by atoms with Crippen molar-refractivity contribution in [2.45, 2.75) is 25.8 Å². The number of nitrogens with one attached hydrogen (secondary N) is 1. The lowest BCUT2D eigenvalue weighted by Crippen LogP contribution is -2.23. The second kappa shape index (κ2) is 7.02. The third-order valence-electron chi connectivity index (χ3n) is 2.74. The maximum Gasteiger partial charge on any atom is 0.0701 e. The number of hydrogen-bond acceptors (Lipinski definition) is 3. The van der Waals surface area contributed by atoms with Crippen molar-refractivity contribution in [1.82, 2.24) is 10.3 Å². The number of halogens is 1. The Morgan fingerprint density at radius 3 is 2.89 bits per heavy atom. The minimum Gasteiger partial charge on any atom is -0.309 e. The van der Waals surface area contributed by atoms with E-state index in [-0.39, 0.29) is 0 Å². The van der Waals surface area contributed by atoms with Crippen LogP contribution in [0, 0.1) is 0 Å². The summed E-state index contributed by atoms with van der Waals surface area (Å²) in [5, 5.41) is 3.61. The van der Waals surface area contributed by atoms with Crippen LogP contribution in [-0.4, -0.2) is 11.5 Å². The predicted molar refractivity (Wildman–Crippen MR) is 81.0 cm³/mol. The molecule has 0 fully saturated rings. The quantitative estimate of drug-likeness (QED) is 0.861. The van der Waals surface area contributed by atoms with Crippen LogP contribution >= 0.6 is 27.3 Å². The predicted octanol–water partition coefficient (Wildman–Crippen LogP) is 4.19. The topological polar surface area (TPSA) is 24.9 Å². The van der Waals surface area contributed by atoms with Crippen molar-refractivity contribution in [3.63, 3.8) is 0 Å². The number of aromatic nitrogens is 1. The Morgan fingerprint density at radius 2 is 2.28 bits per heavy atom. The molecule has 1 N–H and O–H groups in total. The summed E-state index contributed by atoms with van der Waals surface area (Å²) in [5.74, 6) is 0. The fourth-order valence-electron chi connectivity index (χ4n) is 1.86. The third-order valence-corrected chi connectivity index (χ3v) is 4.48. The highest BCUT2D eigenvalue weighted by molar-refractivity contribution is 9.11. The molecule has 0 saturated heterocycles. The molecule has 0 saturated carbocycles. The van der Waals surface area contributed by atoms with Gasteiger partial charge in [-0.15, -0.1) is 11.3 Å². The average molecular weight is 325 g/mol. The first kappa shape index (κ1) is 13.7. The molecular formula is C14H17BrN2S. The van der Waals surface area contributed by atoms with E-state index < -0.39 is 0 Å². The SMILES string of the molecule is CCCNC(Cc1cccnc1)c1ccc(Br)s1. The van der Waals surface area contributed by atoms with Crippen molar-refractivity contribution in [3.05, 3.63) is 50.9 Å². The lowest BCUT2D eigenvalue weighted by Gasteiger charge is -2.17. The monoisotopic (exact) mass is 324 g/mol. The van der Waals surface area contributed by atoms with Gasteiger partial charge in [0.25, 0.3) is 0 Å². The van der Waals surface area contributed by atoms with E-state index in [1.54, 1.807) is 11.3 Å². The molecule has 18 heavy (non-hydrogen) atoms. The second-order valence-corrected chi connectivity index (χ2v) is 6.71. The van der Waals surface area contributed by atoms with E-state index in [4.69, 9.17) is 0 Å². The van der Waals surface area contributed by atoms with Crippen molar-refractivity contribution in [1.29, 1.82) is 0 Å². The summed E-state index contributed by atoms with van der Waals surface area (Å²) < 4.78 is 1.19. The van der Waals surface area contributed by atoms with Gasteiger partial charge in [-0.2, -0.15) is 0 Å². The van der Waals surface area contributed by atoms with Gasteiger partial charge in [0, 0.05) is 23.3 Å². The van der Waals surface area contributed by atoms with Crippen LogP contribution in [0.1, 0.15) is 29.8 Å². The molecule has 2 aromatic heterocycles. The molecule has 0 bridgehead atoms. The third kappa shape index (κ3) is 3.90. The maximum atomic E-state index is 4.18. The number of thiophene rings is 1. The first-order chi connectivity index (χ1) is 8.79. The van der Waals surface area contributed by atoms with E-state index in [0.717, 1.165) is 19.4 Å². The molecule has 1 atom stereocenters. The molecule has 2 aromatic rings. The lowest BCUT2D eigenvalue weighted by atomic mass is 10.1. The van der Waals surface area contributed by atoms with Gasteiger partial charge in [0.2, 0.25) is 0 Å². The molecule has 2 heterocycles. The zero-order valence-electron chi connectivity index (χ0n) is 10.4. The first-order valence-electron chi connectivity index (χ1n) is 6.17. The summed E-state index contributed by atoms with van der Waals surface area (Å²) in [6.45, 7) is 3.24. The van der Waals surface area contributed by atoms with Gasteiger partial charge in [0.05, 0.1) is 3.79 Å². The van der Waals surface area contributed by atoms with Gasteiger partial charge < -0.3 is 5.32 Å². The van der Waals surface area contributed by atoms with Crippen LogP contribution in [0.5, 0.6) is 0 Å². The van der Waals surface area contributed by atoms with Crippen molar-refractivity contribution < 1.29 is 0 Å². The van der Waals surface area contributed by atoms with E-state index in [9.17, 15) is 0 Å². The average Bonchev–Trinajstić information content (AvgIpc) is 2.82. The molecule has 0 amide bonds. The molecular weight excluding hydrogens is 308 g/mol. The van der Waals surface area contributed by atoms with Crippen molar-refractivity contribution in [2.75, 3.05) is 6.54 Å². The Balaban J connectivity index is 2.10. The molecule has 0 aliphatic carbocycles. The molecule has 0 spiro atoms. The highest BCUT2D eigenvalue weighted by Crippen LogP contribution is 2.29. The van der Waals surface area contributed by atoms with Crippen LogP contribution in [-0.2, 0) is 6.42 Å². The molecule has 0 radical (unpaired) electrons. The summed E-state index contributed by atoms with van der Waals surface area (Å²) in [5.41, 5.74) is 1.27. The normalized spacial score (nSPS) is 12.6. The Labute approximate surface area is 121 Å². The highest BCUT2D eigenvalue weighted by atomic mass is 79.9. The lowest BCUT2D eigenvalue weighted by molar-refractivity contribution is 0.536. The van der Waals surface area contributed by atoms with Gasteiger partial charge in [0.15, 0.2) is 0 Å². The molecule has 2 rings (SSSR count). The molecule has 96 valence electrons. The van der Waals surface area contributed by atoms with E-state index >= 15 is 0 Å². The summed E-state index contributed by atoms with van der Waals surface area (Å²) in [7, 11) is 0. The minimum absolute atomic E-state index is 0.380. The van der Waals surface area contributed by atoms with E-state index in [2.05, 4.69) is 51.4 Å². The molecule has 2 nitrogen and oxygen atoms in total. The fourth-order valence-corrected chi connectivity index (χ4v) is 3.36. The Kier molecular flexibility index (Phi) is 5.35. The zero-order chi connectivity index (χ0) is 12.8. The van der Waals surface area contributed by atoms with Crippen molar-refractivity contribution >= 4 is 27.3 Å². The molecule has 0 aromatic carbocycles. The number of nitrogens with zero attached hydrogens (tertiary/aromatic N) is 1. The summed E-state index contributed by atoms with van der Waals surface area (Å²) in [6, 6.07) is 8.82. The maximum absolute atomic E-state index is 4.18. The minimum atomic E-state index is 0.380. The van der Waals surface area contributed by atoms with E-state index in [1.807, 2.05) is 18.5 Å². The van der Waals surface area contributed by atoms with Crippen LogP contribution in [0.3, 0.4) is 0 Å². The van der Waals surface area contributed by atoms with Crippen molar-refractivity contribution in [3.8, 4) is 0 Å². The highest BCUT2D eigenvalue weighted by Gasteiger charge is 2.13. The molecule has 1 unspecified atom stereocenters. The zero-order valence-corrected chi connectivity index (χ0v) is 12.8. The standard InChI is InChI=1S/C14H17BrN2S/c1-2-7-17-12(13-5-6-14(15)18-13)9-11-4-3-8-16-10-11/h3-6,8,10,12,17H,2,7,9H2,1H3. The van der Waals surface area contributed by atoms with Crippen molar-refractivity contribution in [2.24, 2.45) is 0 Å². The smallest absolute Gasteiger partial charge is 0.0701 e. The van der Waals surface area contributed by atoms with Gasteiger partial charge in [-0.25, -0.2) is 0 Å². The Morgan fingerprint density at radius 1 is 1.39 bits per heavy atom. The summed E-state index contributed by atoms with van der Waals surface area (Å²) in [6.07, 6.45) is 5.90. The second-order valence-electron chi connectivity index (χ2n) is 4.21. The van der Waals surface area contributed by atoms with Gasteiger partial charge >= 0.3 is 0 Å². The molecule has 0 aliphatic rings. The summed E-state index contributed by atoms with van der Waals surface area (Å²) in [4.78, 5) is 5.56. The number of pyridine rings is 1. The van der Waals surface area contributed by atoms with Gasteiger partial charge in [0.1, 0.15) is 0 Å². The summed E-state index contributed by atoms with van der Waals surface area (Å²) >= 11 is 5.33. The Hall–Kier alpha value is -0.710. The van der Waals surface area contributed by atoms with E-state index in [0.29, 0.717) is 6.04 Å². The number of rotatable bonds is 6. The fraction of sp³-hybridized carbons (Fsp3) is 0.357. The van der Waals surface area contributed by atoms with Gasteiger partial charge in [-0.05, 0) is 59.1 Å².